The van der Waals surface area contributed by atoms with Crippen LogP contribution in [0.5, 0.6) is 11.6 Å². The lowest BCUT2D eigenvalue weighted by Gasteiger charge is -2.07. The summed E-state index contributed by atoms with van der Waals surface area (Å²) < 4.78 is 6.60. The van der Waals surface area contributed by atoms with Crippen LogP contribution in [0, 0.1) is 0 Å². The molecule has 0 aliphatic heterocycles. The Morgan fingerprint density at radius 2 is 1.52 bits per heavy atom. The van der Waals surface area contributed by atoms with Crippen molar-refractivity contribution in [2.75, 3.05) is 0 Å². The number of hydrogen-bond donors (Lipinski definition) is 0. The topological polar surface area (TPSA) is 22.1 Å². The third-order valence-corrected chi connectivity index (χ3v) is 3.72. The third kappa shape index (κ3) is 3.70. The van der Waals surface area contributed by atoms with E-state index in [1.165, 1.54) is 11.1 Å². The van der Waals surface area contributed by atoms with Gasteiger partial charge in [0.2, 0.25) is 5.88 Å². The van der Waals surface area contributed by atoms with Crippen molar-refractivity contribution in [1.82, 2.24) is 4.98 Å². The molecule has 3 aromatic rings. The molecule has 0 radical (unpaired) electrons. The van der Waals surface area contributed by atoms with Crippen LogP contribution in [0.1, 0.15) is 11.1 Å². The van der Waals surface area contributed by atoms with Crippen molar-refractivity contribution in [3.63, 3.8) is 0 Å². The van der Waals surface area contributed by atoms with Crippen LogP contribution in [0.2, 0.25) is 0 Å². The molecule has 0 spiro atoms. The fourth-order valence-electron chi connectivity index (χ4n) is 2.06. The normalized spacial score (nSPS) is 10.3. The largest absolute Gasteiger partial charge is 0.438 e. The number of nitrogens with zero attached hydrogens (tertiary/aromatic N) is 1. The Hall–Kier alpha value is -2.13. The van der Waals surface area contributed by atoms with Gasteiger partial charge < -0.3 is 4.74 Å². The summed E-state index contributed by atoms with van der Waals surface area (Å²) in [5.41, 5.74) is 2.56. The van der Waals surface area contributed by atoms with Gasteiger partial charge in [-0.3, -0.25) is 0 Å². The highest BCUT2D eigenvalue weighted by atomic mass is 79.9. The number of halogens is 1. The first-order chi connectivity index (χ1) is 10.3. The van der Waals surface area contributed by atoms with Gasteiger partial charge in [-0.05, 0) is 57.7 Å². The van der Waals surface area contributed by atoms with E-state index in [4.69, 9.17) is 4.74 Å². The molecule has 0 amide bonds. The first-order valence-electron chi connectivity index (χ1n) is 6.72. The molecule has 0 atom stereocenters. The second kappa shape index (κ2) is 6.55. The summed E-state index contributed by atoms with van der Waals surface area (Å²) in [4.78, 5) is 4.19. The molecule has 0 unspecified atom stereocenters. The molecule has 1 aromatic heterocycles. The van der Waals surface area contributed by atoms with Crippen molar-refractivity contribution in [2.24, 2.45) is 0 Å². The van der Waals surface area contributed by atoms with Crippen LogP contribution in [-0.4, -0.2) is 4.98 Å². The molecule has 3 heteroatoms. The average molecular weight is 340 g/mol. The second-order valence-corrected chi connectivity index (χ2v) is 5.55. The molecule has 2 nitrogen and oxygen atoms in total. The van der Waals surface area contributed by atoms with E-state index in [0.717, 1.165) is 16.6 Å². The number of rotatable bonds is 4. The van der Waals surface area contributed by atoms with Gasteiger partial charge >= 0.3 is 0 Å². The molecule has 104 valence electrons. The molecule has 0 aliphatic carbocycles. The minimum Gasteiger partial charge on any atom is -0.438 e. The summed E-state index contributed by atoms with van der Waals surface area (Å²) in [6, 6.07) is 22.3. The van der Waals surface area contributed by atoms with Crippen LogP contribution in [0.15, 0.2) is 77.4 Å². The summed E-state index contributed by atoms with van der Waals surface area (Å²) in [5, 5.41) is 0. The standard InChI is InChI=1S/C18H14BrNO/c19-17-7-4-12-20-18(17)21-16-10-8-15(9-11-16)13-14-5-2-1-3-6-14/h1-12H,13H2. The Balaban J connectivity index is 1.71. The van der Waals surface area contributed by atoms with Crippen LogP contribution in [0.4, 0.5) is 0 Å². The molecule has 0 aliphatic rings. The predicted octanol–water partition coefficient (Wildman–Crippen LogP) is 5.23. The quantitative estimate of drug-likeness (QED) is 0.649. The first-order valence-corrected chi connectivity index (χ1v) is 7.52. The maximum atomic E-state index is 5.76. The fourth-order valence-corrected chi connectivity index (χ4v) is 2.40. The molecule has 21 heavy (non-hydrogen) atoms. The van der Waals surface area contributed by atoms with Gasteiger partial charge in [0.05, 0.1) is 4.47 Å². The molecule has 0 saturated carbocycles. The zero-order valence-corrected chi connectivity index (χ0v) is 13.0. The third-order valence-electron chi connectivity index (χ3n) is 3.11. The Labute approximate surface area is 132 Å². The number of hydrogen-bond acceptors (Lipinski definition) is 2. The van der Waals surface area contributed by atoms with Gasteiger partial charge in [0.25, 0.3) is 0 Å². The SMILES string of the molecule is Brc1cccnc1Oc1ccc(Cc2ccccc2)cc1. The van der Waals surface area contributed by atoms with Gasteiger partial charge in [-0.1, -0.05) is 42.5 Å². The van der Waals surface area contributed by atoms with E-state index in [1.54, 1.807) is 6.20 Å². The van der Waals surface area contributed by atoms with Gasteiger partial charge in [-0.2, -0.15) is 0 Å². The van der Waals surface area contributed by atoms with Gasteiger partial charge in [0.15, 0.2) is 0 Å². The fraction of sp³-hybridized carbons (Fsp3) is 0.0556. The summed E-state index contributed by atoms with van der Waals surface area (Å²) in [7, 11) is 0. The molecule has 0 bridgehead atoms. The molecule has 2 aromatic carbocycles. The van der Waals surface area contributed by atoms with E-state index in [-0.39, 0.29) is 0 Å². The number of pyridine rings is 1. The van der Waals surface area contributed by atoms with Gasteiger partial charge in [-0.15, -0.1) is 0 Å². The van der Waals surface area contributed by atoms with Gasteiger partial charge in [0, 0.05) is 6.20 Å². The molecule has 3 rings (SSSR count). The molecule has 1 heterocycles. The van der Waals surface area contributed by atoms with Crippen molar-refractivity contribution < 1.29 is 4.74 Å². The van der Waals surface area contributed by atoms with Gasteiger partial charge in [-0.25, -0.2) is 4.98 Å². The van der Waals surface area contributed by atoms with Crippen molar-refractivity contribution >= 4 is 15.9 Å². The maximum Gasteiger partial charge on any atom is 0.233 e. The van der Waals surface area contributed by atoms with E-state index in [1.807, 2.05) is 30.3 Å². The zero-order chi connectivity index (χ0) is 14.5. The van der Waals surface area contributed by atoms with Crippen molar-refractivity contribution in [3.05, 3.63) is 88.5 Å². The summed E-state index contributed by atoms with van der Waals surface area (Å²) in [6.07, 6.45) is 2.64. The monoisotopic (exact) mass is 339 g/mol. The lowest BCUT2D eigenvalue weighted by atomic mass is 10.1. The van der Waals surface area contributed by atoms with Crippen LogP contribution in [0.25, 0.3) is 0 Å². The Morgan fingerprint density at radius 3 is 2.24 bits per heavy atom. The molecular weight excluding hydrogens is 326 g/mol. The van der Waals surface area contributed by atoms with Crippen LogP contribution in [0.3, 0.4) is 0 Å². The Bertz CT molecular complexity index is 711. The maximum absolute atomic E-state index is 5.76. The smallest absolute Gasteiger partial charge is 0.233 e. The lowest BCUT2D eigenvalue weighted by molar-refractivity contribution is 0.459. The van der Waals surface area contributed by atoms with Gasteiger partial charge in [0.1, 0.15) is 5.75 Å². The zero-order valence-electron chi connectivity index (χ0n) is 11.4. The minimum atomic E-state index is 0.577. The molecule has 0 fully saturated rings. The van der Waals surface area contributed by atoms with E-state index >= 15 is 0 Å². The highest BCUT2D eigenvalue weighted by Crippen LogP contribution is 2.27. The summed E-state index contributed by atoms with van der Waals surface area (Å²) >= 11 is 3.42. The van der Waals surface area contributed by atoms with E-state index in [0.29, 0.717) is 5.88 Å². The van der Waals surface area contributed by atoms with Crippen molar-refractivity contribution in [1.29, 1.82) is 0 Å². The average Bonchev–Trinajstić information content (AvgIpc) is 2.52. The molecular formula is C18H14BrNO. The van der Waals surface area contributed by atoms with Crippen LogP contribution in [-0.2, 0) is 6.42 Å². The first kappa shape index (κ1) is 13.8. The number of benzene rings is 2. The lowest BCUT2D eigenvalue weighted by Crippen LogP contribution is -1.90. The van der Waals surface area contributed by atoms with Crippen molar-refractivity contribution in [2.45, 2.75) is 6.42 Å². The summed E-state index contributed by atoms with van der Waals surface area (Å²) in [6.45, 7) is 0. The predicted molar refractivity (Wildman–Crippen MR) is 87.7 cm³/mol. The Morgan fingerprint density at radius 1 is 0.810 bits per heavy atom. The number of aromatic nitrogens is 1. The molecule has 0 saturated heterocycles. The summed E-state index contributed by atoms with van der Waals surface area (Å²) in [5.74, 6) is 1.36. The minimum absolute atomic E-state index is 0.577. The van der Waals surface area contributed by atoms with E-state index < -0.39 is 0 Å². The van der Waals surface area contributed by atoms with E-state index in [9.17, 15) is 0 Å². The highest BCUT2D eigenvalue weighted by molar-refractivity contribution is 9.10. The number of ether oxygens (including phenoxy) is 1. The van der Waals surface area contributed by atoms with Crippen molar-refractivity contribution in [3.8, 4) is 11.6 Å². The second-order valence-electron chi connectivity index (χ2n) is 4.70. The molecule has 0 N–H and O–H groups in total. The highest BCUT2D eigenvalue weighted by Gasteiger charge is 2.03. The Kier molecular flexibility index (Phi) is 4.31. The van der Waals surface area contributed by atoms with Crippen LogP contribution >= 0.6 is 15.9 Å². The van der Waals surface area contributed by atoms with Crippen LogP contribution < -0.4 is 4.74 Å². The van der Waals surface area contributed by atoms with E-state index in [2.05, 4.69) is 57.3 Å².